The number of hydrogen-bond acceptors (Lipinski definition) is 3. The maximum absolute atomic E-state index is 12.3. The van der Waals surface area contributed by atoms with Crippen molar-refractivity contribution in [1.82, 2.24) is 4.98 Å². The Balaban J connectivity index is 2.36. The van der Waals surface area contributed by atoms with Gasteiger partial charge in [-0.25, -0.2) is 0 Å². The predicted octanol–water partition coefficient (Wildman–Crippen LogP) is 2.58. The van der Waals surface area contributed by atoms with E-state index in [0.29, 0.717) is 16.9 Å². The first-order chi connectivity index (χ1) is 9.50. The second kappa shape index (κ2) is 5.79. The molecule has 0 fully saturated rings. The van der Waals surface area contributed by atoms with Crippen LogP contribution in [0, 0.1) is 13.8 Å². The van der Waals surface area contributed by atoms with Crippen LogP contribution in [-0.2, 0) is 0 Å². The summed E-state index contributed by atoms with van der Waals surface area (Å²) in [5, 5.41) is 2.82. The van der Waals surface area contributed by atoms with E-state index >= 15 is 0 Å². The minimum atomic E-state index is -0.272. The van der Waals surface area contributed by atoms with Crippen LogP contribution in [0.5, 0.6) is 0 Å². The van der Waals surface area contributed by atoms with Crippen LogP contribution in [0.1, 0.15) is 27.2 Å². The molecule has 0 spiro atoms. The molecule has 0 aliphatic heterocycles. The van der Waals surface area contributed by atoms with Crippen molar-refractivity contribution in [3.8, 4) is 0 Å². The molecule has 0 aliphatic rings. The number of amides is 1. The van der Waals surface area contributed by atoms with Crippen molar-refractivity contribution < 1.29 is 4.79 Å². The Morgan fingerprint density at radius 1 is 1.20 bits per heavy atom. The molecule has 4 nitrogen and oxygen atoms in total. The third-order valence-electron chi connectivity index (χ3n) is 2.99. The fourth-order valence-electron chi connectivity index (χ4n) is 2.00. The second-order valence-corrected chi connectivity index (χ2v) is 4.92. The van der Waals surface area contributed by atoms with Gasteiger partial charge in [-0.1, -0.05) is 30.4 Å². The van der Waals surface area contributed by atoms with Gasteiger partial charge in [0.2, 0.25) is 0 Å². The maximum Gasteiger partial charge on any atom is 0.274 e. The number of hydrogen-bond donors (Lipinski definition) is 2. The van der Waals surface area contributed by atoms with Crippen LogP contribution in [0.2, 0.25) is 0 Å². The van der Waals surface area contributed by atoms with Crippen molar-refractivity contribution >= 4 is 28.8 Å². The van der Waals surface area contributed by atoms with E-state index in [1.807, 2.05) is 32.0 Å². The minimum Gasteiger partial charge on any atom is -0.389 e. The molecule has 0 saturated heterocycles. The summed E-state index contributed by atoms with van der Waals surface area (Å²) in [6.07, 6.45) is 1.59. The summed E-state index contributed by atoms with van der Waals surface area (Å²) in [4.78, 5) is 16.6. The van der Waals surface area contributed by atoms with Gasteiger partial charge in [-0.05, 0) is 37.1 Å². The average molecular weight is 285 g/mol. The molecule has 1 amide bonds. The topological polar surface area (TPSA) is 68.0 Å². The highest BCUT2D eigenvalue weighted by Crippen LogP contribution is 2.20. The number of nitrogens with two attached hydrogens (primary N) is 1. The monoisotopic (exact) mass is 285 g/mol. The summed E-state index contributed by atoms with van der Waals surface area (Å²) < 4.78 is 0. The molecule has 0 unspecified atom stereocenters. The summed E-state index contributed by atoms with van der Waals surface area (Å²) in [5.41, 5.74) is 9.14. The first-order valence-corrected chi connectivity index (χ1v) is 6.54. The van der Waals surface area contributed by atoms with E-state index < -0.39 is 0 Å². The molecule has 5 heteroatoms. The number of anilines is 1. The lowest BCUT2D eigenvalue weighted by Gasteiger charge is -2.13. The fourth-order valence-corrected chi connectivity index (χ4v) is 2.27. The predicted molar refractivity (Wildman–Crippen MR) is 84.0 cm³/mol. The minimum absolute atomic E-state index is 0.260. The van der Waals surface area contributed by atoms with Crippen molar-refractivity contribution in [1.29, 1.82) is 0 Å². The highest BCUT2D eigenvalue weighted by atomic mass is 32.1. The van der Waals surface area contributed by atoms with Crippen LogP contribution in [0.3, 0.4) is 0 Å². The molecule has 0 radical (unpaired) electrons. The second-order valence-electron chi connectivity index (χ2n) is 4.48. The molecule has 1 aromatic heterocycles. The number of aryl methyl sites for hydroxylation is 2. The standard InChI is InChI=1S/C15H15N3OS/c1-9-5-3-7-11(12(9)14(16)20)18-15(19)13-10(2)6-4-8-17-13/h3-8H,1-2H3,(H2,16,20)(H,18,19). The molecule has 0 atom stereocenters. The van der Waals surface area contributed by atoms with Crippen molar-refractivity contribution in [2.45, 2.75) is 13.8 Å². The van der Waals surface area contributed by atoms with Crippen molar-refractivity contribution in [2.75, 3.05) is 5.32 Å². The zero-order chi connectivity index (χ0) is 14.7. The van der Waals surface area contributed by atoms with E-state index in [1.54, 1.807) is 18.3 Å². The third-order valence-corrected chi connectivity index (χ3v) is 3.20. The van der Waals surface area contributed by atoms with Gasteiger partial charge >= 0.3 is 0 Å². The van der Waals surface area contributed by atoms with E-state index in [4.69, 9.17) is 18.0 Å². The summed E-state index contributed by atoms with van der Waals surface area (Å²) >= 11 is 5.04. The normalized spacial score (nSPS) is 10.1. The van der Waals surface area contributed by atoms with Crippen LogP contribution in [-0.4, -0.2) is 15.9 Å². The quantitative estimate of drug-likeness (QED) is 0.851. The number of thiocarbonyl (C=S) groups is 1. The number of benzene rings is 1. The van der Waals surface area contributed by atoms with Crippen LogP contribution in [0.4, 0.5) is 5.69 Å². The number of nitrogens with zero attached hydrogens (tertiary/aromatic N) is 1. The van der Waals surface area contributed by atoms with Gasteiger partial charge in [0.25, 0.3) is 5.91 Å². The molecule has 2 aromatic rings. The lowest BCUT2D eigenvalue weighted by molar-refractivity contribution is 0.102. The Labute approximate surface area is 123 Å². The first kappa shape index (κ1) is 14.1. The third kappa shape index (κ3) is 2.83. The molecule has 3 N–H and O–H groups in total. The van der Waals surface area contributed by atoms with Crippen LogP contribution < -0.4 is 11.1 Å². The molecule has 2 rings (SSSR count). The lowest BCUT2D eigenvalue weighted by atomic mass is 10.1. The smallest absolute Gasteiger partial charge is 0.274 e. The molecule has 1 aromatic carbocycles. The number of nitrogens with one attached hydrogen (secondary N) is 1. The highest BCUT2D eigenvalue weighted by molar-refractivity contribution is 7.80. The van der Waals surface area contributed by atoms with Gasteiger partial charge in [0.1, 0.15) is 10.7 Å². The zero-order valence-corrected chi connectivity index (χ0v) is 12.1. The summed E-state index contributed by atoms with van der Waals surface area (Å²) in [6, 6.07) is 9.15. The maximum atomic E-state index is 12.3. The zero-order valence-electron chi connectivity index (χ0n) is 11.3. The van der Waals surface area contributed by atoms with Crippen LogP contribution in [0.15, 0.2) is 36.5 Å². The van der Waals surface area contributed by atoms with Gasteiger partial charge in [0.15, 0.2) is 0 Å². The van der Waals surface area contributed by atoms with Crippen molar-refractivity contribution in [3.05, 3.63) is 58.9 Å². The van der Waals surface area contributed by atoms with E-state index in [9.17, 15) is 4.79 Å². The molecule has 0 saturated carbocycles. The molecular formula is C15H15N3OS. The number of pyridine rings is 1. The largest absolute Gasteiger partial charge is 0.389 e. The van der Waals surface area contributed by atoms with Gasteiger partial charge in [-0.15, -0.1) is 0 Å². The van der Waals surface area contributed by atoms with E-state index in [1.165, 1.54) is 0 Å². The van der Waals surface area contributed by atoms with Gasteiger partial charge in [-0.2, -0.15) is 0 Å². The van der Waals surface area contributed by atoms with E-state index in [0.717, 1.165) is 11.1 Å². The summed E-state index contributed by atoms with van der Waals surface area (Å²) in [5.74, 6) is -0.272. The number of carbonyl (C=O) groups is 1. The molecule has 0 bridgehead atoms. The fraction of sp³-hybridized carbons (Fsp3) is 0.133. The average Bonchev–Trinajstić information content (AvgIpc) is 2.38. The molecule has 102 valence electrons. The SMILES string of the molecule is Cc1cccnc1C(=O)Nc1cccc(C)c1C(N)=S. The lowest BCUT2D eigenvalue weighted by Crippen LogP contribution is -2.20. The van der Waals surface area contributed by atoms with Gasteiger partial charge in [0, 0.05) is 11.8 Å². The highest BCUT2D eigenvalue weighted by Gasteiger charge is 2.14. The van der Waals surface area contributed by atoms with E-state index in [2.05, 4.69) is 10.3 Å². The molecule has 1 heterocycles. The Hall–Kier alpha value is -2.27. The van der Waals surface area contributed by atoms with Crippen molar-refractivity contribution in [3.63, 3.8) is 0 Å². The van der Waals surface area contributed by atoms with Crippen LogP contribution in [0.25, 0.3) is 0 Å². The Kier molecular flexibility index (Phi) is 4.10. The molecule has 20 heavy (non-hydrogen) atoms. The number of aromatic nitrogens is 1. The molecular weight excluding hydrogens is 270 g/mol. The summed E-state index contributed by atoms with van der Waals surface area (Å²) in [7, 11) is 0. The van der Waals surface area contributed by atoms with Crippen molar-refractivity contribution in [2.24, 2.45) is 5.73 Å². The van der Waals surface area contributed by atoms with Gasteiger partial charge in [0.05, 0.1) is 5.69 Å². The van der Waals surface area contributed by atoms with E-state index in [-0.39, 0.29) is 10.9 Å². The summed E-state index contributed by atoms with van der Waals surface area (Å²) in [6.45, 7) is 3.74. The molecule has 0 aliphatic carbocycles. The van der Waals surface area contributed by atoms with Gasteiger partial charge in [-0.3, -0.25) is 9.78 Å². The Morgan fingerprint density at radius 3 is 2.55 bits per heavy atom. The first-order valence-electron chi connectivity index (χ1n) is 6.13. The van der Waals surface area contributed by atoms with Crippen LogP contribution >= 0.6 is 12.2 Å². The number of rotatable bonds is 3. The van der Waals surface area contributed by atoms with Gasteiger partial charge < -0.3 is 11.1 Å². The Morgan fingerprint density at radius 2 is 1.90 bits per heavy atom. The number of carbonyl (C=O) groups excluding carboxylic acids is 1. The Bertz CT molecular complexity index is 683.